The first kappa shape index (κ1) is 19.1. The maximum absolute atomic E-state index is 9.68. The number of nitriles is 1. The van der Waals surface area contributed by atoms with Gasteiger partial charge in [0.15, 0.2) is 0 Å². The zero-order valence-electron chi connectivity index (χ0n) is 15.7. The highest BCUT2D eigenvalue weighted by molar-refractivity contribution is 5.58. The molecule has 142 valence electrons. The van der Waals surface area contributed by atoms with E-state index < -0.39 is 0 Å². The monoisotopic (exact) mass is 374 g/mol. The van der Waals surface area contributed by atoms with E-state index in [2.05, 4.69) is 21.7 Å². The molecule has 0 spiro atoms. The minimum atomic E-state index is -0.148. The maximum Gasteiger partial charge on any atom is 0.146 e. The van der Waals surface area contributed by atoms with Crippen molar-refractivity contribution in [3.63, 3.8) is 0 Å². The van der Waals surface area contributed by atoms with Gasteiger partial charge in [0.2, 0.25) is 0 Å². The van der Waals surface area contributed by atoms with E-state index in [1.807, 2.05) is 26.0 Å². The number of nitrogens with one attached hydrogen (secondary N) is 2. The van der Waals surface area contributed by atoms with Crippen LogP contribution in [0.1, 0.15) is 42.6 Å². The van der Waals surface area contributed by atoms with E-state index in [4.69, 9.17) is 0 Å². The van der Waals surface area contributed by atoms with Gasteiger partial charge < -0.3 is 20.8 Å². The Labute approximate surface area is 164 Å². The number of hydrogen-bond donors (Lipinski definition) is 4. The summed E-state index contributed by atoms with van der Waals surface area (Å²) in [7, 11) is 0. The van der Waals surface area contributed by atoms with Gasteiger partial charge in [-0.1, -0.05) is 24.3 Å². The molecule has 3 rings (SSSR count). The molecular formula is C22H22N4O2. The number of phenolic OH excluding ortho intramolecular Hbond substituents is 2. The highest BCUT2D eigenvalue weighted by Crippen LogP contribution is 2.26. The first-order valence-electron chi connectivity index (χ1n) is 8.98. The molecule has 0 bridgehead atoms. The summed E-state index contributed by atoms with van der Waals surface area (Å²) in [6, 6.07) is 19.4. The van der Waals surface area contributed by atoms with Crippen molar-refractivity contribution in [2.24, 2.45) is 0 Å². The van der Waals surface area contributed by atoms with Crippen LogP contribution in [0.5, 0.6) is 11.5 Å². The second kappa shape index (κ2) is 8.31. The van der Waals surface area contributed by atoms with Gasteiger partial charge in [0.25, 0.3) is 0 Å². The van der Waals surface area contributed by atoms with Gasteiger partial charge in [0.05, 0.1) is 17.6 Å². The number of benzene rings is 2. The average Bonchev–Trinajstić information content (AvgIpc) is 2.68. The Morgan fingerprint density at radius 2 is 1.43 bits per heavy atom. The number of rotatable bonds is 6. The number of aromatic hydroxyl groups is 2. The molecule has 28 heavy (non-hydrogen) atoms. The summed E-state index contributed by atoms with van der Waals surface area (Å²) in [5.41, 5.74) is 2.24. The number of anilines is 2. The summed E-state index contributed by atoms with van der Waals surface area (Å²) >= 11 is 0. The van der Waals surface area contributed by atoms with Gasteiger partial charge in [-0.3, -0.25) is 0 Å². The second-order valence-corrected chi connectivity index (χ2v) is 6.63. The summed E-state index contributed by atoms with van der Waals surface area (Å²) in [5, 5.41) is 35.3. The lowest BCUT2D eigenvalue weighted by Gasteiger charge is -2.19. The maximum atomic E-state index is 9.68. The van der Waals surface area contributed by atoms with E-state index in [-0.39, 0.29) is 23.6 Å². The third-order valence-corrected chi connectivity index (χ3v) is 4.47. The molecule has 1 aromatic heterocycles. The van der Waals surface area contributed by atoms with Gasteiger partial charge in [-0.15, -0.1) is 0 Å². The molecule has 0 fully saturated rings. The van der Waals surface area contributed by atoms with Crippen molar-refractivity contribution < 1.29 is 10.2 Å². The zero-order chi connectivity index (χ0) is 20.1. The highest BCUT2D eigenvalue weighted by Gasteiger charge is 2.13. The highest BCUT2D eigenvalue weighted by atomic mass is 16.3. The Hall–Kier alpha value is -3.72. The van der Waals surface area contributed by atoms with Crippen LogP contribution in [-0.2, 0) is 0 Å². The number of nitrogens with zero attached hydrogens (tertiary/aromatic N) is 2. The summed E-state index contributed by atoms with van der Waals surface area (Å²) in [5.74, 6) is 1.48. The summed E-state index contributed by atoms with van der Waals surface area (Å²) in [6.07, 6.45) is 0. The molecule has 0 aliphatic carbocycles. The summed E-state index contributed by atoms with van der Waals surface area (Å²) < 4.78 is 0. The average molecular weight is 374 g/mol. The van der Waals surface area contributed by atoms with E-state index in [0.29, 0.717) is 17.2 Å². The number of pyridine rings is 1. The van der Waals surface area contributed by atoms with Gasteiger partial charge in [0.1, 0.15) is 29.2 Å². The third-order valence-electron chi connectivity index (χ3n) is 4.47. The van der Waals surface area contributed by atoms with E-state index in [1.54, 1.807) is 48.5 Å². The molecule has 2 atom stereocenters. The van der Waals surface area contributed by atoms with Gasteiger partial charge in [-0.2, -0.15) is 5.26 Å². The fourth-order valence-electron chi connectivity index (χ4n) is 2.92. The molecule has 1 heterocycles. The van der Waals surface area contributed by atoms with Crippen LogP contribution in [-0.4, -0.2) is 15.2 Å². The van der Waals surface area contributed by atoms with Crippen LogP contribution in [0.15, 0.2) is 60.7 Å². The number of aromatic nitrogens is 1. The molecule has 2 aromatic carbocycles. The third kappa shape index (κ3) is 4.51. The van der Waals surface area contributed by atoms with Gasteiger partial charge in [-0.25, -0.2) is 4.98 Å². The van der Waals surface area contributed by atoms with Crippen LogP contribution in [0.2, 0.25) is 0 Å². The first-order chi connectivity index (χ1) is 13.5. The molecule has 0 saturated carbocycles. The molecular weight excluding hydrogens is 352 g/mol. The minimum Gasteiger partial charge on any atom is -0.508 e. The molecule has 6 heteroatoms. The standard InChI is InChI=1S/C22H22N4O2/c1-14(16-5-3-7-19(27)11-16)24-21-10-9-18(13-23)22(26-21)25-15(2)17-6-4-8-20(28)12-17/h3-12,14-15,27-28H,1-2H3,(H2,24,25,26). The fourth-order valence-corrected chi connectivity index (χ4v) is 2.92. The first-order valence-corrected chi connectivity index (χ1v) is 8.98. The molecule has 0 radical (unpaired) electrons. The minimum absolute atomic E-state index is 0.0797. The molecule has 2 unspecified atom stereocenters. The lowest BCUT2D eigenvalue weighted by Crippen LogP contribution is -2.12. The van der Waals surface area contributed by atoms with E-state index in [0.717, 1.165) is 11.1 Å². The van der Waals surface area contributed by atoms with Crippen molar-refractivity contribution in [1.29, 1.82) is 5.26 Å². The lowest BCUT2D eigenvalue weighted by molar-refractivity contribution is 0.473. The Morgan fingerprint density at radius 3 is 1.96 bits per heavy atom. The van der Waals surface area contributed by atoms with Crippen molar-refractivity contribution in [2.45, 2.75) is 25.9 Å². The predicted octanol–water partition coefficient (Wildman–Crippen LogP) is 4.71. The smallest absolute Gasteiger partial charge is 0.146 e. The topological polar surface area (TPSA) is 101 Å². The largest absolute Gasteiger partial charge is 0.508 e. The van der Waals surface area contributed by atoms with Crippen LogP contribution in [0.25, 0.3) is 0 Å². The van der Waals surface area contributed by atoms with Crippen molar-refractivity contribution in [3.8, 4) is 17.6 Å². The van der Waals surface area contributed by atoms with Crippen molar-refractivity contribution >= 4 is 11.6 Å². The molecule has 0 saturated heterocycles. The molecule has 4 N–H and O–H groups in total. The summed E-state index contributed by atoms with van der Waals surface area (Å²) in [6.45, 7) is 3.91. The van der Waals surface area contributed by atoms with E-state index >= 15 is 0 Å². The molecule has 0 amide bonds. The van der Waals surface area contributed by atoms with Crippen molar-refractivity contribution in [1.82, 2.24) is 4.98 Å². The van der Waals surface area contributed by atoms with Gasteiger partial charge in [0, 0.05) is 0 Å². The van der Waals surface area contributed by atoms with Gasteiger partial charge >= 0.3 is 0 Å². The normalized spacial score (nSPS) is 12.6. The Kier molecular flexibility index (Phi) is 5.66. The van der Waals surface area contributed by atoms with Crippen LogP contribution < -0.4 is 10.6 Å². The van der Waals surface area contributed by atoms with Crippen LogP contribution >= 0.6 is 0 Å². The second-order valence-electron chi connectivity index (χ2n) is 6.63. The molecule has 0 aliphatic heterocycles. The predicted molar refractivity (Wildman–Crippen MR) is 109 cm³/mol. The van der Waals surface area contributed by atoms with Crippen LogP contribution in [0.4, 0.5) is 11.6 Å². The quantitative estimate of drug-likeness (QED) is 0.498. The number of hydrogen-bond acceptors (Lipinski definition) is 6. The lowest BCUT2D eigenvalue weighted by atomic mass is 10.1. The van der Waals surface area contributed by atoms with E-state index in [9.17, 15) is 15.5 Å². The Morgan fingerprint density at radius 1 is 0.857 bits per heavy atom. The van der Waals surface area contributed by atoms with E-state index in [1.165, 1.54) is 0 Å². The zero-order valence-corrected chi connectivity index (χ0v) is 15.7. The Balaban J connectivity index is 1.81. The molecule has 6 nitrogen and oxygen atoms in total. The molecule has 0 aliphatic rings. The fraction of sp³-hybridized carbons (Fsp3) is 0.182. The van der Waals surface area contributed by atoms with Gasteiger partial charge in [-0.05, 0) is 61.4 Å². The molecule has 3 aromatic rings. The van der Waals surface area contributed by atoms with Crippen LogP contribution in [0.3, 0.4) is 0 Å². The summed E-state index contributed by atoms with van der Waals surface area (Å²) in [4.78, 5) is 4.55. The SMILES string of the molecule is CC(Nc1ccc(C#N)c(NC(C)c2cccc(O)c2)n1)c1cccc(O)c1. The Bertz CT molecular complexity index is 1010. The van der Waals surface area contributed by atoms with Crippen molar-refractivity contribution in [3.05, 3.63) is 77.4 Å². The van der Waals surface area contributed by atoms with Crippen LogP contribution in [0, 0.1) is 11.3 Å². The number of phenols is 2. The van der Waals surface area contributed by atoms with Crippen molar-refractivity contribution in [2.75, 3.05) is 10.6 Å².